The molecule has 0 aliphatic carbocycles. The Morgan fingerprint density at radius 1 is 1.26 bits per heavy atom. The summed E-state index contributed by atoms with van der Waals surface area (Å²) in [7, 11) is 0. The van der Waals surface area contributed by atoms with Crippen LogP contribution >= 0.6 is 0 Å². The highest BCUT2D eigenvalue weighted by molar-refractivity contribution is 5.92. The molecule has 9 N–H and O–H groups in total. The first-order chi connectivity index (χ1) is 10.8. The number of nitrogens with zero attached hydrogens (tertiary/aromatic N) is 1. The Morgan fingerprint density at radius 3 is 2.57 bits per heavy atom. The van der Waals surface area contributed by atoms with E-state index in [9.17, 15) is 14.4 Å². The van der Waals surface area contributed by atoms with Crippen molar-refractivity contribution in [3.63, 3.8) is 0 Å². The zero-order chi connectivity index (χ0) is 17.4. The molecule has 23 heavy (non-hydrogen) atoms. The van der Waals surface area contributed by atoms with Crippen LogP contribution < -0.4 is 27.8 Å². The maximum atomic E-state index is 12.4. The van der Waals surface area contributed by atoms with Crippen molar-refractivity contribution in [2.75, 3.05) is 19.6 Å². The second-order valence-electron chi connectivity index (χ2n) is 5.46. The molecule has 130 valence electrons. The van der Waals surface area contributed by atoms with Gasteiger partial charge in [-0.15, -0.1) is 0 Å². The normalized spacial score (nSPS) is 18.3. The van der Waals surface area contributed by atoms with Gasteiger partial charge >= 0.3 is 0 Å². The van der Waals surface area contributed by atoms with Gasteiger partial charge in [-0.2, -0.15) is 0 Å². The lowest BCUT2D eigenvalue weighted by molar-refractivity contribution is -0.139. The summed E-state index contributed by atoms with van der Waals surface area (Å²) in [4.78, 5) is 36.6. The number of amides is 3. The van der Waals surface area contributed by atoms with E-state index in [1.54, 1.807) is 0 Å². The van der Waals surface area contributed by atoms with Gasteiger partial charge in [0.1, 0.15) is 6.04 Å². The van der Waals surface area contributed by atoms with Crippen LogP contribution in [0.4, 0.5) is 0 Å². The third-order valence-corrected chi connectivity index (χ3v) is 3.60. The number of carbonyl (C=O) groups is 3. The first kappa shape index (κ1) is 18.7. The molecule has 3 amide bonds. The molecule has 1 fully saturated rings. The maximum absolute atomic E-state index is 12.4. The second-order valence-corrected chi connectivity index (χ2v) is 5.46. The SMILES string of the molecule is N=C(N)NCCC[C@H](N)C(=O)N1CCCC1C(=O)NCC(N)=O. The molecule has 1 aliphatic heterocycles. The zero-order valence-electron chi connectivity index (χ0n) is 13.0. The van der Waals surface area contributed by atoms with Crippen molar-refractivity contribution in [3.8, 4) is 0 Å². The highest BCUT2D eigenvalue weighted by Crippen LogP contribution is 2.19. The quantitative estimate of drug-likeness (QED) is 0.159. The third kappa shape index (κ3) is 6.10. The molecule has 1 heterocycles. The van der Waals surface area contributed by atoms with E-state index in [0.717, 1.165) is 0 Å². The molecule has 0 aromatic rings. The molecular weight excluding hydrogens is 302 g/mol. The van der Waals surface area contributed by atoms with E-state index in [1.807, 2.05) is 0 Å². The Hall–Kier alpha value is -2.36. The molecule has 0 aromatic carbocycles. The van der Waals surface area contributed by atoms with Crippen LogP contribution in [0, 0.1) is 5.41 Å². The van der Waals surface area contributed by atoms with E-state index < -0.39 is 18.0 Å². The summed E-state index contributed by atoms with van der Waals surface area (Å²) in [5, 5.41) is 12.1. The molecule has 1 unspecified atom stereocenters. The number of carbonyl (C=O) groups excluding carboxylic acids is 3. The summed E-state index contributed by atoms with van der Waals surface area (Å²) in [6, 6.07) is -1.32. The summed E-state index contributed by atoms with van der Waals surface area (Å²) < 4.78 is 0. The highest BCUT2D eigenvalue weighted by atomic mass is 16.2. The molecule has 0 spiro atoms. The fourth-order valence-corrected chi connectivity index (χ4v) is 2.48. The Bertz CT molecular complexity index is 468. The number of nitrogens with two attached hydrogens (primary N) is 3. The van der Waals surface area contributed by atoms with Crippen LogP contribution in [0.3, 0.4) is 0 Å². The summed E-state index contributed by atoms with van der Waals surface area (Å²) in [5.41, 5.74) is 16.0. The average molecular weight is 327 g/mol. The van der Waals surface area contributed by atoms with Gasteiger partial charge in [0.2, 0.25) is 17.7 Å². The number of hydrogen-bond acceptors (Lipinski definition) is 5. The van der Waals surface area contributed by atoms with Gasteiger partial charge in [-0.3, -0.25) is 19.8 Å². The number of rotatable bonds is 8. The van der Waals surface area contributed by atoms with Crippen molar-refractivity contribution < 1.29 is 14.4 Å². The number of likely N-dealkylation sites (tertiary alicyclic amines) is 1. The van der Waals surface area contributed by atoms with Gasteiger partial charge in [0, 0.05) is 13.1 Å². The molecule has 0 saturated carbocycles. The Balaban J connectivity index is 2.47. The van der Waals surface area contributed by atoms with Crippen LogP contribution in [0.5, 0.6) is 0 Å². The van der Waals surface area contributed by atoms with E-state index in [-0.39, 0.29) is 24.3 Å². The molecule has 2 atom stereocenters. The minimum atomic E-state index is -0.715. The van der Waals surface area contributed by atoms with Crippen molar-refractivity contribution >= 4 is 23.7 Å². The van der Waals surface area contributed by atoms with Crippen LogP contribution in [0.15, 0.2) is 0 Å². The van der Waals surface area contributed by atoms with E-state index >= 15 is 0 Å². The molecular formula is C13H25N7O3. The molecule has 1 saturated heterocycles. The Labute approximate surface area is 134 Å². The summed E-state index contributed by atoms with van der Waals surface area (Å²) in [6.07, 6.45) is 2.25. The van der Waals surface area contributed by atoms with E-state index in [1.165, 1.54) is 4.90 Å². The molecule has 0 radical (unpaired) electrons. The third-order valence-electron chi connectivity index (χ3n) is 3.60. The van der Waals surface area contributed by atoms with Gasteiger partial charge in [0.15, 0.2) is 5.96 Å². The first-order valence-corrected chi connectivity index (χ1v) is 7.53. The summed E-state index contributed by atoms with van der Waals surface area (Å²) >= 11 is 0. The first-order valence-electron chi connectivity index (χ1n) is 7.53. The van der Waals surface area contributed by atoms with E-state index in [2.05, 4.69) is 10.6 Å². The van der Waals surface area contributed by atoms with Crippen LogP contribution in [0.1, 0.15) is 25.7 Å². The summed E-state index contributed by atoms with van der Waals surface area (Å²) in [5.74, 6) is -1.44. The molecule has 10 heteroatoms. The van der Waals surface area contributed by atoms with Crippen LogP contribution in [-0.4, -0.2) is 60.3 Å². The van der Waals surface area contributed by atoms with E-state index in [0.29, 0.717) is 38.8 Å². The maximum Gasteiger partial charge on any atom is 0.243 e. The largest absolute Gasteiger partial charge is 0.370 e. The van der Waals surface area contributed by atoms with E-state index in [4.69, 9.17) is 22.6 Å². The standard InChI is InChI=1S/C13H25N7O3/c14-8(3-1-5-18-13(16)17)12(23)20-6-2-4-9(20)11(22)19-7-10(15)21/h8-9H,1-7,14H2,(H2,15,21)(H,19,22)(H4,16,17,18)/t8-,9?/m0/s1. The van der Waals surface area contributed by atoms with Gasteiger partial charge in [0.05, 0.1) is 12.6 Å². The minimum absolute atomic E-state index is 0.129. The molecule has 10 nitrogen and oxygen atoms in total. The molecule has 0 aromatic heterocycles. The second kappa shape index (κ2) is 8.93. The fourth-order valence-electron chi connectivity index (χ4n) is 2.48. The van der Waals surface area contributed by atoms with Crippen LogP contribution in [-0.2, 0) is 14.4 Å². The predicted molar refractivity (Wildman–Crippen MR) is 84.1 cm³/mol. The van der Waals surface area contributed by atoms with Crippen molar-refractivity contribution in [3.05, 3.63) is 0 Å². The monoisotopic (exact) mass is 327 g/mol. The number of nitrogens with one attached hydrogen (secondary N) is 3. The van der Waals surface area contributed by atoms with Gasteiger partial charge < -0.3 is 32.7 Å². The Morgan fingerprint density at radius 2 is 1.96 bits per heavy atom. The predicted octanol–water partition coefficient (Wildman–Crippen LogP) is -2.83. The van der Waals surface area contributed by atoms with Gasteiger partial charge in [0.25, 0.3) is 0 Å². The van der Waals surface area contributed by atoms with Gasteiger partial charge in [-0.25, -0.2) is 0 Å². The highest BCUT2D eigenvalue weighted by Gasteiger charge is 2.35. The lowest BCUT2D eigenvalue weighted by Gasteiger charge is -2.26. The summed E-state index contributed by atoms with van der Waals surface area (Å²) in [6.45, 7) is 0.672. The van der Waals surface area contributed by atoms with Crippen molar-refractivity contribution in [2.45, 2.75) is 37.8 Å². The van der Waals surface area contributed by atoms with Crippen LogP contribution in [0.25, 0.3) is 0 Å². The number of hydrogen-bond donors (Lipinski definition) is 6. The lowest BCUT2D eigenvalue weighted by atomic mass is 10.1. The molecule has 1 aliphatic rings. The average Bonchev–Trinajstić information content (AvgIpc) is 2.97. The molecule has 1 rings (SSSR count). The smallest absolute Gasteiger partial charge is 0.243 e. The Kier molecular flexibility index (Phi) is 7.26. The van der Waals surface area contributed by atoms with Crippen molar-refractivity contribution in [2.24, 2.45) is 17.2 Å². The van der Waals surface area contributed by atoms with Crippen LogP contribution in [0.2, 0.25) is 0 Å². The van der Waals surface area contributed by atoms with Gasteiger partial charge in [-0.05, 0) is 25.7 Å². The van der Waals surface area contributed by atoms with Crippen molar-refractivity contribution in [1.29, 1.82) is 5.41 Å². The number of primary amides is 1. The topological polar surface area (TPSA) is 180 Å². The lowest BCUT2D eigenvalue weighted by Crippen LogP contribution is -2.52. The molecule has 0 bridgehead atoms. The zero-order valence-corrected chi connectivity index (χ0v) is 13.0. The van der Waals surface area contributed by atoms with Crippen molar-refractivity contribution in [1.82, 2.24) is 15.5 Å². The number of guanidine groups is 1. The van der Waals surface area contributed by atoms with Gasteiger partial charge in [-0.1, -0.05) is 0 Å². The minimum Gasteiger partial charge on any atom is -0.370 e. The fraction of sp³-hybridized carbons (Fsp3) is 0.692.